The molecule has 11 heteroatoms. The number of aryl methyl sites for hydroxylation is 1. The lowest BCUT2D eigenvalue weighted by molar-refractivity contribution is 0.340. The van der Waals surface area contributed by atoms with Crippen molar-refractivity contribution in [1.29, 1.82) is 0 Å². The van der Waals surface area contributed by atoms with E-state index < -0.39 is 10.0 Å². The molecule has 0 unspecified atom stereocenters. The lowest BCUT2D eigenvalue weighted by Gasteiger charge is -2.08. The van der Waals surface area contributed by atoms with E-state index in [0.717, 1.165) is 0 Å². The average Bonchev–Trinajstić information content (AvgIpc) is 3.33. The van der Waals surface area contributed by atoms with E-state index in [9.17, 15) is 8.42 Å². The first-order valence-corrected chi connectivity index (χ1v) is 10.4. The molecule has 0 aliphatic rings. The standard InChI is InChI=1S/C18H18N6O4S/c1-13-20-18(28-23-13)14-7-8-24-16(11-14)21-22-17(24)12-19-29(25,26)10-9-27-15-5-3-2-4-6-15/h2-8,11,19H,9-10,12H2,1H3. The number of hydrogen-bond acceptors (Lipinski definition) is 8. The second-order valence-corrected chi connectivity index (χ2v) is 8.13. The van der Waals surface area contributed by atoms with E-state index in [1.54, 1.807) is 41.8 Å². The number of benzene rings is 1. The van der Waals surface area contributed by atoms with Crippen LogP contribution in [-0.2, 0) is 16.6 Å². The summed E-state index contributed by atoms with van der Waals surface area (Å²) in [7, 11) is -3.53. The number of ether oxygens (including phenoxy) is 1. The van der Waals surface area contributed by atoms with Gasteiger partial charge in [0.1, 0.15) is 12.4 Å². The summed E-state index contributed by atoms with van der Waals surface area (Å²) in [6.45, 7) is 1.79. The molecular formula is C18H18N6O4S. The molecule has 10 nitrogen and oxygen atoms in total. The van der Waals surface area contributed by atoms with Crippen molar-refractivity contribution in [2.24, 2.45) is 0 Å². The summed E-state index contributed by atoms with van der Waals surface area (Å²) >= 11 is 0. The molecule has 0 aliphatic carbocycles. The van der Waals surface area contributed by atoms with E-state index in [2.05, 4.69) is 25.1 Å². The lowest BCUT2D eigenvalue weighted by atomic mass is 10.2. The fourth-order valence-electron chi connectivity index (χ4n) is 2.64. The molecule has 150 valence electrons. The van der Waals surface area contributed by atoms with Crippen molar-refractivity contribution in [3.63, 3.8) is 0 Å². The minimum atomic E-state index is -3.53. The number of nitrogens with one attached hydrogen (secondary N) is 1. The molecule has 0 radical (unpaired) electrons. The molecule has 0 amide bonds. The van der Waals surface area contributed by atoms with E-state index in [4.69, 9.17) is 9.26 Å². The number of para-hydroxylation sites is 1. The van der Waals surface area contributed by atoms with Crippen molar-refractivity contribution in [2.45, 2.75) is 13.5 Å². The summed E-state index contributed by atoms with van der Waals surface area (Å²) in [6.07, 6.45) is 1.73. The first kappa shape index (κ1) is 19.0. The zero-order valence-corrected chi connectivity index (χ0v) is 16.3. The Morgan fingerprint density at radius 2 is 2.00 bits per heavy atom. The van der Waals surface area contributed by atoms with Gasteiger partial charge in [-0.3, -0.25) is 4.40 Å². The number of rotatable bonds is 8. The molecule has 0 saturated heterocycles. The van der Waals surface area contributed by atoms with Gasteiger partial charge in [0.15, 0.2) is 17.3 Å². The largest absolute Gasteiger partial charge is 0.492 e. The van der Waals surface area contributed by atoms with E-state index in [1.807, 2.05) is 18.2 Å². The molecule has 0 aliphatic heterocycles. The minimum absolute atomic E-state index is 0.00779. The number of fused-ring (bicyclic) bond motifs is 1. The average molecular weight is 414 g/mol. The van der Waals surface area contributed by atoms with Crippen LogP contribution in [-0.4, -0.2) is 45.5 Å². The second-order valence-electron chi connectivity index (χ2n) is 6.21. The maximum absolute atomic E-state index is 12.2. The summed E-state index contributed by atoms with van der Waals surface area (Å²) in [5.74, 6) is 1.83. The summed E-state index contributed by atoms with van der Waals surface area (Å²) in [6, 6.07) is 12.6. The lowest BCUT2D eigenvalue weighted by Crippen LogP contribution is -2.29. The summed E-state index contributed by atoms with van der Waals surface area (Å²) in [4.78, 5) is 4.17. The molecular weight excluding hydrogens is 396 g/mol. The minimum Gasteiger partial charge on any atom is -0.492 e. The molecule has 0 bridgehead atoms. The third-order valence-corrected chi connectivity index (χ3v) is 5.36. The number of nitrogens with zero attached hydrogens (tertiary/aromatic N) is 5. The Hall–Kier alpha value is -3.31. The summed E-state index contributed by atoms with van der Waals surface area (Å²) in [5.41, 5.74) is 1.25. The molecule has 3 heterocycles. The highest BCUT2D eigenvalue weighted by atomic mass is 32.2. The SMILES string of the molecule is Cc1noc(-c2ccn3c(CNS(=O)(=O)CCOc4ccccc4)nnc3c2)n1. The maximum Gasteiger partial charge on any atom is 0.258 e. The van der Waals surface area contributed by atoms with Crippen molar-refractivity contribution < 1.29 is 17.7 Å². The van der Waals surface area contributed by atoms with Crippen molar-refractivity contribution in [2.75, 3.05) is 12.4 Å². The van der Waals surface area contributed by atoms with E-state index in [1.165, 1.54) is 0 Å². The highest BCUT2D eigenvalue weighted by Gasteiger charge is 2.14. The van der Waals surface area contributed by atoms with Crippen LogP contribution < -0.4 is 9.46 Å². The highest BCUT2D eigenvalue weighted by Crippen LogP contribution is 2.18. The maximum atomic E-state index is 12.2. The van der Waals surface area contributed by atoms with Gasteiger partial charge in [0, 0.05) is 11.8 Å². The third-order valence-electron chi connectivity index (χ3n) is 4.07. The number of aromatic nitrogens is 5. The van der Waals surface area contributed by atoms with Crippen LogP contribution in [0.4, 0.5) is 0 Å². The van der Waals surface area contributed by atoms with Crippen LogP contribution in [0.25, 0.3) is 17.1 Å². The van der Waals surface area contributed by atoms with Crippen LogP contribution in [0, 0.1) is 6.92 Å². The van der Waals surface area contributed by atoms with Gasteiger partial charge in [0.25, 0.3) is 5.89 Å². The number of pyridine rings is 1. The molecule has 4 rings (SSSR count). The molecule has 0 spiro atoms. The van der Waals surface area contributed by atoms with E-state index in [-0.39, 0.29) is 18.9 Å². The molecule has 1 aromatic carbocycles. The predicted molar refractivity (Wildman–Crippen MR) is 104 cm³/mol. The van der Waals surface area contributed by atoms with Gasteiger partial charge in [-0.05, 0) is 31.2 Å². The van der Waals surface area contributed by atoms with Crippen molar-refractivity contribution >= 4 is 15.7 Å². The Morgan fingerprint density at radius 1 is 1.17 bits per heavy atom. The van der Waals surface area contributed by atoms with Crippen LogP contribution in [0.5, 0.6) is 5.75 Å². The molecule has 4 aromatic rings. The van der Waals surface area contributed by atoms with Gasteiger partial charge in [-0.2, -0.15) is 4.98 Å². The topological polar surface area (TPSA) is 125 Å². The number of hydrogen-bond donors (Lipinski definition) is 1. The van der Waals surface area contributed by atoms with Crippen LogP contribution in [0.15, 0.2) is 53.2 Å². The van der Waals surface area contributed by atoms with Crippen LogP contribution in [0.1, 0.15) is 11.6 Å². The Kier molecular flexibility index (Phi) is 5.23. The summed E-state index contributed by atoms with van der Waals surface area (Å²) in [5, 5.41) is 11.9. The van der Waals surface area contributed by atoms with Crippen molar-refractivity contribution in [1.82, 2.24) is 29.5 Å². The molecule has 0 saturated carbocycles. The zero-order valence-electron chi connectivity index (χ0n) is 15.5. The smallest absolute Gasteiger partial charge is 0.258 e. The predicted octanol–water partition coefficient (Wildman–Crippen LogP) is 1.59. The Labute approximate surface area is 166 Å². The first-order valence-electron chi connectivity index (χ1n) is 8.80. The van der Waals surface area contributed by atoms with Crippen LogP contribution >= 0.6 is 0 Å². The van der Waals surface area contributed by atoms with Gasteiger partial charge in [-0.25, -0.2) is 13.1 Å². The van der Waals surface area contributed by atoms with Gasteiger partial charge in [0.2, 0.25) is 10.0 Å². The molecule has 3 aromatic heterocycles. The third kappa shape index (κ3) is 4.58. The van der Waals surface area contributed by atoms with E-state index in [0.29, 0.717) is 34.5 Å². The molecule has 29 heavy (non-hydrogen) atoms. The van der Waals surface area contributed by atoms with Crippen molar-refractivity contribution in [3.8, 4) is 17.2 Å². The van der Waals surface area contributed by atoms with Gasteiger partial charge in [0.05, 0.1) is 12.3 Å². The van der Waals surface area contributed by atoms with Gasteiger partial charge in [-0.1, -0.05) is 23.4 Å². The van der Waals surface area contributed by atoms with Gasteiger partial charge >= 0.3 is 0 Å². The quantitative estimate of drug-likeness (QED) is 0.461. The van der Waals surface area contributed by atoms with Crippen LogP contribution in [0.2, 0.25) is 0 Å². The Morgan fingerprint density at radius 3 is 2.76 bits per heavy atom. The normalized spacial score (nSPS) is 11.8. The summed E-state index contributed by atoms with van der Waals surface area (Å²) < 4.78 is 39.2. The Balaban J connectivity index is 1.38. The molecule has 0 fully saturated rings. The zero-order chi connectivity index (χ0) is 20.3. The second kappa shape index (κ2) is 7.97. The monoisotopic (exact) mass is 414 g/mol. The molecule has 0 atom stereocenters. The van der Waals surface area contributed by atoms with Crippen molar-refractivity contribution in [3.05, 3.63) is 60.3 Å². The fourth-order valence-corrected chi connectivity index (χ4v) is 3.44. The van der Waals surface area contributed by atoms with Crippen LogP contribution in [0.3, 0.4) is 0 Å². The highest BCUT2D eigenvalue weighted by molar-refractivity contribution is 7.89. The van der Waals surface area contributed by atoms with Gasteiger partial charge in [-0.15, -0.1) is 10.2 Å². The fraction of sp³-hybridized carbons (Fsp3) is 0.222. The first-order chi connectivity index (χ1) is 14.0. The number of sulfonamides is 1. The molecule has 1 N–H and O–H groups in total. The van der Waals surface area contributed by atoms with Gasteiger partial charge < -0.3 is 9.26 Å². The Bertz CT molecular complexity index is 1220. The van der Waals surface area contributed by atoms with E-state index >= 15 is 0 Å².